The summed E-state index contributed by atoms with van der Waals surface area (Å²) in [5.41, 5.74) is 2.40. The number of rotatable bonds is 5. The van der Waals surface area contributed by atoms with E-state index >= 15 is 0 Å². The van der Waals surface area contributed by atoms with E-state index in [-0.39, 0.29) is 17.6 Å². The Hall–Kier alpha value is -3.21. The van der Waals surface area contributed by atoms with Crippen LogP contribution < -0.4 is 0 Å². The number of benzene rings is 2. The molecule has 1 aromatic heterocycles. The fraction of sp³-hybridized carbons (Fsp3) is 0.261. The molecule has 1 fully saturated rings. The van der Waals surface area contributed by atoms with Crippen LogP contribution in [-0.2, 0) is 11.2 Å². The van der Waals surface area contributed by atoms with Gasteiger partial charge in [0.05, 0.1) is 11.3 Å². The lowest BCUT2D eigenvalue weighted by molar-refractivity contribution is -0.123. The van der Waals surface area contributed by atoms with Gasteiger partial charge in [0.15, 0.2) is 0 Å². The van der Waals surface area contributed by atoms with Gasteiger partial charge in [-0.05, 0) is 36.6 Å². The molecule has 1 aliphatic rings. The van der Waals surface area contributed by atoms with Crippen LogP contribution in [0.25, 0.3) is 5.69 Å². The van der Waals surface area contributed by atoms with Gasteiger partial charge in [0.25, 0.3) is 5.91 Å². The molecule has 1 saturated heterocycles. The van der Waals surface area contributed by atoms with Gasteiger partial charge in [-0.2, -0.15) is 5.10 Å². The van der Waals surface area contributed by atoms with Crippen molar-refractivity contribution in [1.29, 1.82) is 0 Å². The molecule has 1 unspecified atom stereocenters. The average molecular weight is 373 g/mol. The van der Waals surface area contributed by atoms with Crippen molar-refractivity contribution in [2.45, 2.75) is 19.3 Å². The van der Waals surface area contributed by atoms with Crippen molar-refractivity contribution in [2.24, 2.45) is 5.92 Å². The Balaban J connectivity index is 1.49. The predicted octanol–water partition coefficient (Wildman–Crippen LogP) is 3.54. The Morgan fingerprint density at radius 2 is 1.79 bits per heavy atom. The third kappa shape index (κ3) is 3.88. The zero-order valence-corrected chi connectivity index (χ0v) is 15.7. The molecule has 3 aromatic rings. The molecule has 4 rings (SSSR count). The normalized spacial score (nSPS) is 16.7. The highest BCUT2D eigenvalue weighted by molar-refractivity contribution is 5.98. The molecule has 0 aliphatic carbocycles. The lowest BCUT2D eigenvalue weighted by Gasteiger charge is -2.32. The molecule has 0 spiro atoms. The fourth-order valence-electron chi connectivity index (χ4n) is 3.80. The Labute approximate surface area is 164 Å². The number of amides is 1. The molecule has 142 valence electrons. The van der Waals surface area contributed by atoms with Gasteiger partial charge in [-0.3, -0.25) is 9.59 Å². The van der Waals surface area contributed by atoms with Gasteiger partial charge in [-0.15, -0.1) is 0 Å². The van der Waals surface area contributed by atoms with Gasteiger partial charge in [-0.25, -0.2) is 4.68 Å². The Kier molecular flexibility index (Phi) is 5.33. The monoisotopic (exact) mass is 373 g/mol. The van der Waals surface area contributed by atoms with Crippen LogP contribution in [-0.4, -0.2) is 39.5 Å². The van der Waals surface area contributed by atoms with E-state index in [9.17, 15) is 9.59 Å². The van der Waals surface area contributed by atoms with E-state index < -0.39 is 0 Å². The maximum absolute atomic E-state index is 13.2. The first-order chi connectivity index (χ1) is 13.7. The quantitative estimate of drug-likeness (QED) is 0.687. The number of hydrogen-bond donors (Lipinski definition) is 0. The summed E-state index contributed by atoms with van der Waals surface area (Å²) in [5, 5.41) is 4.26. The molecular formula is C23H23N3O2. The second-order valence-corrected chi connectivity index (χ2v) is 7.19. The Morgan fingerprint density at radius 1 is 1.00 bits per heavy atom. The summed E-state index contributed by atoms with van der Waals surface area (Å²) in [4.78, 5) is 27.8. The molecule has 0 radical (unpaired) electrons. The molecule has 0 N–H and O–H groups in total. The average Bonchev–Trinajstić information content (AvgIpc) is 3.29. The number of nitrogens with zero attached hydrogens (tertiary/aromatic N) is 3. The number of likely N-dealkylation sites (tertiary alicyclic amines) is 1. The van der Waals surface area contributed by atoms with E-state index in [1.54, 1.807) is 10.9 Å². The summed E-state index contributed by atoms with van der Waals surface area (Å²) >= 11 is 0. The highest BCUT2D eigenvalue weighted by Gasteiger charge is 2.29. The highest BCUT2D eigenvalue weighted by Crippen LogP contribution is 2.23. The Bertz CT molecular complexity index is 951. The molecule has 1 atom stereocenters. The van der Waals surface area contributed by atoms with E-state index in [2.05, 4.69) is 5.10 Å². The smallest absolute Gasteiger partial charge is 0.256 e. The number of carbonyl (C=O) groups is 2. The van der Waals surface area contributed by atoms with Crippen molar-refractivity contribution in [2.75, 3.05) is 13.1 Å². The van der Waals surface area contributed by atoms with Crippen molar-refractivity contribution < 1.29 is 9.59 Å². The second kappa shape index (κ2) is 8.21. The number of Topliss-reactive ketones (excluding diaryl/α,β-unsaturated/α-hetero) is 1. The van der Waals surface area contributed by atoms with Crippen molar-refractivity contribution in [3.8, 4) is 5.69 Å². The zero-order valence-electron chi connectivity index (χ0n) is 15.7. The van der Waals surface area contributed by atoms with Gasteiger partial charge in [0, 0.05) is 37.8 Å². The summed E-state index contributed by atoms with van der Waals surface area (Å²) in [5.74, 6) is 0.0714. The van der Waals surface area contributed by atoms with E-state index in [0.717, 1.165) is 24.1 Å². The minimum atomic E-state index is -0.102. The molecule has 28 heavy (non-hydrogen) atoms. The molecule has 0 saturated carbocycles. The molecule has 2 heterocycles. The summed E-state index contributed by atoms with van der Waals surface area (Å²) < 4.78 is 1.70. The van der Waals surface area contributed by atoms with Crippen LogP contribution in [0.2, 0.25) is 0 Å². The first kappa shape index (κ1) is 18.2. The molecule has 2 aromatic carbocycles. The largest absolute Gasteiger partial charge is 0.338 e. The van der Waals surface area contributed by atoms with E-state index in [4.69, 9.17) is 0 Å². The summed E-state index contributed by atoms with van der Waals surface area (Å²) in [6.45, 7) is 1.17. The van der Waals surface area contributed by atoms with Crippen molar-refractivity contribution >= 4 is 11.7 Å². The number of ketones is 1. The summed E-state index contributed by atoms with van der Waals surface area (Å²) in [6, 6.07) is 19.1. The van der Waals surface area contributed by atoms with Crippen LogP contribution in [0.5, 0.6) is 0 Å². The van der Waals surface area contributed by atoms with Gasteiger partial charge in [0.2, 0.25) is 0 Å². The van der Waals surface area contributed by atoms with E-state index in [1.165, 1.54) is 0 Å². The number of para-hydroxylation sites is 1. The maximum atomic E-state index is 13.2. The summed E-state index contributed by atoms with van der Waals surface area (Å²) in [7, 11) is 0. The Morgan fingerprint density at radius 3 is 2.57 bits per heavy atom. The van der Waals surface area contributed by atoms with Crippen molar-refractivity contribution in [1.82, 2.24) is 14.7 Å². The predicted molar refractivity (Wildman–Crippen MR) is 107 cm³/mol. The van der Waals surface area contributed by atoms with E-state index in [1.807, 2.05) is 71.8 Å². The first-order valence-corrected chi connectivity index (χ1v) is 9.67. The maximum Gasteiger partial charge on any atom is 0.256 e. The van der Waals surface area contributed by atoms with E-state index in [0.29, 0.717) is 25.1 Å². The zero-order chi connectivity index (χ0) is 19.3. The van der Waals surface area contributed by atoms with Crippen molar-refractivity contribution in [3.63, 3.8) is 0 Å². The van der Waals surface area contributed by atoms with Gasteiger partial charge in [-0.1, -0.05) is 42.5 Å². The molecular weight excluding hydrogens is 350 g/mol. The third-order valence-corrected chi connectivity index (χ3v) is 5.27. The standard InChI is InChI=1S/C23H23N3O2/c27-22(16-18-8-2-1-3-9-18)19-10-6-14-25(17-19)23(28)20-11-4-5-12-21(20)26-15-7-13-24-26/h1-5,7-9,11-13,15,19H,6,10,14,16-17H2. The number of piperidine rings is 1. The minimum absolute atomic E-state index is 0.0386. The van der Waals surface area contributed by atoms with Crippen LogP contribution in [0.1, 0.15) is 28.8 Å². The van der Waals surface area contributed by atoms with Crippen LogP contribution >= 0.6 is 0 Å². The van der Waals surface area contributed by atoms with Gasteiger partial charge in [0.1, 0.15) is 5.78 Å². The topological polar surface area (TPSA) is 55.2 Å². The minimum Gasteiger partial charge on any atom is -0.338 e. The fourth-order valence-corrected chi connectivity index (χ4v) is 3.80. The van der Waals surface area contributed by atoms with Crippen molar-refractivity contribution in [3.05, 3.63) is 84.2 Å². The van der Waals surface area contributed by atoms with Crippen LogP contribution in [0.3, 0.4) is 0 Å². The highest BCUT2D eigenvalue weighted by atomic mass is 16.2. The molecule has 1 amide bonds. The third-order valence-electron chi connectivity index (χ3n) is 5.27. The lowest BCUT2D eigenvalue weighted by atomic mass is 9.90. The van der Waals surface area contributed by atoms with Crippen LogP contribution in [0.15, 0.2) is 73.1 Å². The number of aromatic nitrogens is 2. The SMILES string of the molecule is O=C(Cc1ccccc1)C1CCCN(C(=O)c2ccccc2-n2cccn2)C1. The van der Waals surface area contributed by atoms with Gasteiger partial charge >= 0.3 is 0 Å². The second-order valence-electron chi connectivity index (χ2n) is 7.19. The van der Waals surface area contributed by atoms with Crippen LogP contribution in [0, 0.1) is 5.92 Å². The molecule has 0 bridgehead atoms. The van der Waals surface area contributed by atoms with Crippen LogP contribution in [0.4, 0.5) is 0 Å². The molecule has 5 heteroatoms. The molecule has 5 nitrogen and oxygen atoms in total. The molecule has 1 aliphatic heterocycles. The number of carbonyl (C=O) groups excluding carboxylic acids is 2. The number of hydrogen-bond acceptors (Lipinski definition) is 3. The first-order valence-electron chi connectivity index (χ1n) is 9.67. The lowest BCUT2D eigenvalue weighted by Crippen LogP contribution is -2.43. The van der Waals surface area contributed by atoms with Gasteiger partial charge < -0.3 is 4.90 Å². The summed E-state index contributed by atoms with van der Waals surface area (Å²) in [6.07, 6.45) is 5.64.